The van der Waals surface area contributed by atoms with Gasteiger partial charge in [-0.2, -0.15) is 0 Å². The van der Waals surface area contributed by atoms with Crippen LogP contribution in [-0.2, 0) is 10.2 Å². The molecule has 0 spiro atoms. The Morgan fingerprint density at radius 2 is 1.57 bits per heavy atom. The van der Waals surface area contributed by atoms with Crippen LogP contribution >= 0.6 is 0 Å². The first-order valence-corrected chi connectivity index (χ1v) is 13.6. The first kappa shape index (κ1) is 28.6. The van der Waals surface area contributed by atoms with Crippen molar-refractivity contribution in [2.75, 3.05) is 7.05 Å². The molecule has 200 valence electrons. The van der Waals surface area contributed by atoms with Crippen molar-refractivity contribution in [2.45, 2.75) is 96.6 Å². The lowest BCUT2D eigenvalue weighted by molar-refractivity contribution is -0.141. The summed E-state index contributed by atoms with van der Waals surface area (Å²) >= 11 is 0. The minimum absolute atomic E-state index is 0.207. The fourth-order valence-electron chi connectivity index (χ4n) is 5.70. The zero-order chi connectivity index (χ0) is 27.4. The fourth-order valence-corrected chi connectivity index (χ4v) is 5.70. The minimum atomic E-state index is -1.03. The number of carboxylic acid groups (broad SMARTS) is 1. The van der Waals surface area contributed by atoms with Crippen molar-refractivity contribution in [3.63, 3.8) is 0 Å². The molecule has 1 saturated carbocycles. The van der Waals surface area contributed by atoms with Gasteiger partial charge in [-0.1, -0.05) is 75.6 Å². The monoisotopic (exact) mass is 505 g/mol. The van der Waals surface area contributed by atoms with Crippen molar-refractivity contribution in [1.82, 2.24) is 4.90 Å². The van der Waals surface area contributed by atoms with Crippen LogP contribution in [0.15, 0.2) is 42.5 Å². The quantitative estimate of drug-likeness (QED) is 0.399. The summed E-state index contributed by atoms with van der Waals surface area (Å²) in [5.74, 6) is -1.31. The summed E-state index contributed by atoms with van der Waals surface area (Å²) in [5, 5.41) is 20.2. The number of aliphatic hydroxyl groups is 1. The molecule has 37 heavy (non-hydrogen) atoms. The second-order valence-corrected chi connectivity index (χ2v) is 10.8. The highest BCUT2D eigenvalue weighted by atomic mass is 16.4. The van der Waals surface area contributed by atoms with Crippen molar-refractivity contribution < 1.29 is 19.8 Å². The number of nitrogens with zero attached hydrogens (tertiary/aromatic N) is 1. The van der Waals surface area contributed by atoms with Gasteiger partial charge in [-0.05, 0) is 80.3 Å². The van der Waals surface area contributed by atoms with Gasteiger partial charge in [0.25, 0.3) is 5.91 Å². The molecule has 1 amide bonds. The summed E-state index contributed by atoms with van der Waals surface area (Å²) in [7, 11) is 1.53. The number of carboxylic acids is 1. The second kappa shape index (κ2) is 11.6. The van der Waals surface area contributed by atoms with E-state index < -0.39 is 17.6 Å². The highest BCUT2D eigenvalue weighted by molar-refractivity contribution is 5.97. The third-order valence-corrected chi connectivity index (χ3v) is 8.59. The molecule has 1 fully saturated rings. The van der Waals surface area contributed by atoms with Crippen molar-refractivity contribution in [1.29, 1.82) is 0 Å². The van der Waals surface area contributed by atoms with Gasteiger partial charge in [0.2, 0.25) is 0 Å². The Labute approximate surface area is 222 Å². The van der Waals surface area contributed by atoms with Gasteiger partial charge in [0.1, 0.15) is 6.04 Å². The van der Waals surface area contributed by atoms with Gasteiger partial charge in [0.15, 0.2) is 0 Å². The number of hydrogen-bond acceptors (Lipinski definition) is 3. The lowest BCUT2D eigenvalue weighted by Gasteiger charge is -2.34. The molecule has 0 bridgehead atoms. The lowest BCUT2D eigenvalue weighted by Crippen LogP contribution is -2.40. The molecular weight excluding hydrogens is 462 g/mol. The van der Waals surface area contributed by atoms with Gasteiger partial charge in [0.05, 0.1) is 5.60 Å². The lowest BCUT2D eigenvalue weighted by atomic mass is 9.69. The third-order valence-electron chi connectivity index (χ3n) is 8.59. The van der Waals surface area contributed by atoms with Crippen molar-refractivity contribution in [3.05, 3.63) is 75.9 Å². The summed E-state index contributed by atoms with van der Waals surface area (Å²) in [6, 6.07) is 11.7. The molecule has 2 aromatic rings. The molecule has 3 rings (SSSR count). The van der Waals surface area contributed by atoms with Gasteiger partial charge in [-0.25, -0.2) is 4.79 Å². The summed E-state index contributed by atoms with van der Waals surface area (Å²) in [5.41, 5.74) is 5.16. The van der Waals surface area contributed by atoms with E-state index in [2.05, 4.69) is 51.1 Å². The number of rotatable bonds is 9. The van der Waals surface area contributed by atoms with Gasteiger partial charge >= 0.3 is 5.97 Å². The molecular formula is C32H43NO4. The molecule has 1 atom stereocenters. The number of likely N-dealkylation sites (N-methyl/N-ethyl adjacent to an activating group) is 1. The number of aryl methyl sites for hydroxylation is 2. The van der Waals surface area contributed by atoms with E-state index in [4.69, 9.17) is 0 Å². The van der Waals surface area contributed by atoms with Gasteiger partial charge in [-0.15, -0.1) is 0 Å². The van der Waals surface area contributed by atoms with E-state index in [9.17, 15) is 19.8 Å². The largest absolute Gasteiger partial charge is 0.480 e. The number of amides is 1. The second-order valence-electron chi connectivity index (χ2n) is 10.8. The molecule has 1 unspecified atom stereocenters. The maximum absolute atomic E-state index is 13.0. The van der Waals surface area contributed by atoms with Crippen molar-refractivity contribution >= 4 is 18.0 Å². The normalized spacial score (nSPS) is 16.5. The van der Waals surface area contributed by atoms with Gasteiger partial charge in [0, 0.05) is 18.0 Å². The summed E-state index contributed by atoms with van der Waals surface area (Å²) in [4.78, 5) is 25.6. The highest BCUT2D eigenvalue weighted by Gasteiger charge is 2.32. The molecule has 1 aliphatic rings. The summed E-state index contributed by atoms with van der Waals surface area (Å²) in [6.45, 7) is 9.95. The zero-order valence-corrected chi connectivity index (χ0v) is 23.3. The van der Waals surface area contributed by atoms with Crippen LogP contribution in [0, 0.1) is 13.8 Å². The third kappa shape index (κ3) is 5.98. The molecule has 5 nitrogen and oxygen atoms in total. The van der Waals surface area contributed by atoms with E-state index in [0.29, 0.717) is 5.56 Å². The summed E-state index contributed by atoms with van der Waals surface area (Å²) in [6.07, 6.45) is 10.9. The SMILES string of the molecule is CCC(CC)(c1ccc(C=CC2(O)CCCCC2)c(C)c1)c1ccc(C(=O)N(C)C(C)C(=O)O)c(C)c1. The van der Waals surface area contributed by atoms with Crippen molar-refractivity contribution in [3.8, 4) is 0 Å². The topological polar surface area (TPSA) is 77.8 Å². The van der Waals surface area contributed by atoms with Crippen LogP contribution in [0.1, 0.15) is 104 Å². The number of aliphatic carboxylic acids is 1. The molecule has 0 heterocycles. The zero-order valence-electron chi connectivity index (χ0n) is 23.3. The number of benzene rings is 2. The molecule has 2 N–H and O–H groups in total. The standard InChI is InChI=1S/C32H43NO4/c1-7-32(8-2,27-14-15-28(23(4)21-27)29(34)33(6)24(5)30(35)36)26-13-12-25(22(3)20-26)16-19-31(37)17-10-9-11-18-31/h12-16,19-21,24,37H,7-11,17-18H2,1-6H3,(H,35,36). The molecule has 0 aromatic heterocycles. The molecule has 0 saturated heterocycles. The first-order chi connectivity index (χ1) is 17.5. The van der Waals surface area contributed by atoms with E-state index in [1.165, 1.54) is 36.4 Å². The van der Waals surface area contributed by atoms with Crippen LogP contribution < -0.4 is 0 Å². The van der Waals surface area contributed by atoms with Crippen LogP contribution in [0.4, 0.5) is 0 Å². The number of carbonyl (C=O) groups excluding carboxylic acids is 1. The Balaban J connectivity index is 1.93. The molecule has 5 heteroatoms. The Morgan fingerprint density at radius 3 is 2.08 bits per heavy atom. The van der Waals surface area contributed by atoms with Crippen LogP contribution in [-0.4, -0.2) is 45.7 Å². The van der Waals surface area contributed by atoms with Gasteiger partial charge in [-0.3, -0.25) is 4.79 Å². The maximum Gasteiger partial charge on any atom is 0.326 e. The van der Waals surface area contributed by atoms with E-state index >= 15 is 0 Å². The van der Waals surface area contributed by atoms with E-state index in [1.807, 2.05) is 25.1 Å². The number of carbonyl (C=O) groups is 2. The fraction of sp³-hybridized carbons (Fsp3) is 0.500. The first-order valence-electron chi connectivity index (χ1n) is 13.6. The van der Waals surface area contributed by atoms with Crippen molar-refractivity contribution in [2.24, 2.45) is 0 Å². The molecule has 0 aliphatic heterocycles. The highest BCUT2D eigenvalue weighted by Crippen LogP contribution is 2.40. The predicted octanol–water partition coefficient (Wildman–Crippen LogP) is 6.66. The Bertz CT molecular complexity index is 1160. The van der Waals surface area contributed by atoms with Crippen LogP contribution in [0.5, 0.6) is 0 Å². The average molecular weight is 506 g/mol. The van der Waals surface area contributed by atoms with Gasteiger partial charge < -0.3 is 15.1 Å². The molecule has 2 aromatic carbocycles. The van der Waals surface area contributed by atoms with E-state index in [0.717, 1.165) is 55.2 Å². The Hall–Kier alpha value is -2.92. The average Bonchev–Trinajstić information content (AvgIpc) is 2.88. The van der Waals surface area contributed by atoms with E-state index in [-0.39, 0.29) is 11.3 Å². The number of hydrogen-bond donors (Lipinski definition) is 2. The Kier molecular flexibility index (Phi) is 9.01. The molecule has 1 aliphatic carbocycles. The smallest absolute Gasteiger partial charge is 0.326 e. The van der Waals surface area contributed by atoms with E-state index in [1.54, 1.807) is 0 Å². The molecule has 0 radical (unpaired) electrons. The Morgan fingerprint density at radius 1 is 1.00 bits per heavy atom. The summed E-state index contributed by atoms with van der Waals surface area (Å²) < 4.78 is 0. The minimum Gasteiger partial charge on any atom is -0.480 e. The van der Waals surface area contributed by atoms with Crippen LogP contribution in [0.3, 0.4) is 0 Å². The van der Waals surface area contributed by atoms with Crippen LogP contribution in [0.2, 0.25) is 0 Å². The predicted molar refractivity (Wildman–Crippen MR) is 150 cm³/mol. The van der Waals surface area contributed by atoms with Crippen LogP contribution in [0.25, 0.3) is 6.08 Å². The maximum atomic E-state index is 13.0.